The molecule has 0 aromatic heterocycles. The molecule has 6 nitrogen and oxygen atoms in total. The van der Waals surface area contributed by atoms with Gasteiger partial charge in [-0.15, -0.1) is 0 Å². The van der Waals surface area contributed by atoms with E-state index in [4.69, 9.17) is 9.84 Å². The molecular formula is C13H17NO5. The van der Waals surface area contributed by atoms with Gasteiger partial charge in [0.2, 0.25) is 5.91 Å². The molecule has 19 heavy (non-hydrogen) atoms. The Kier molecular flexibility index (Phi) is 5.81. The Morgan fingerprint density at radius 3 is 2.47 bits per heavy atom. The van der Waals surface area contributed by atoms with Gasteiger partial charge in [-0.1, -0.05) is 12.1 Å². The number of rotatable bonds is 7. The molecule has 0 spiro atoms. The number of carboxylic acids is 1. The maximum atomic E-state index is 10.6. The molecule has 1 rings (SSSR count). The van der Waals surface area contributed by atoms with Gasteiger partial charge in [-0.2, -0.15) is 0 Å². The zero-order chi connectivity index (χ0) is 14.3. The van der Waals surface area contributed by atoms with Crippen molar-refractivity contribution in [2.45, 2.75) is 19.4 Å². The summed E-state index contributed by atoms with van der Waals surface area (Å²) in [6.45, 7) is 1.56. The van der Waals surface area contributed by atoms with Crippen LogP contribution in [0.25, 0.3) is 0 Å². The summed E-state index contributed by atoms with van der Waals surface area (Å²) in [5.74, 6) is -0.563. The molecule has 1 aromatic rings. The van der Waals surface area contributed by atoms with E-state index in [2.05, 4.69) is 5.32 Å². The number of aliphatic carboxylic acids is 1. The van der Waals surface area contributed by atoms with Crippen molar-refractivity contribution in [1.82, 2.24) is 5.32 Å². The van der Waals surface area contributed by atoms with Crippen molar-refractivity contribution in [3.05, 3.63) is 29.8 Å². The first-order valence-electron chi connectivity index (χ1n) is 5.83. The van der Waals surface area contributed by atoms with Gasteiger partial charge in [0, 0.05) is 13.5 Å². The summed E-state index contributed by atoms with van der Waals surface area (Å²) in [6, 6.07) is 6.60. The number of carboxylic acid groups (broad SMARTS) is 1. The molecule has 0 fully saturated rings. The van der Waals surface area contributed by atoms with Gasteiger partial charge in [0.05, 0.1) is 6.42 Å². The van der Waals surface area contributed by atoms with Crippen LogP contribution in [0.1, 0.15) is 12.5 Å². The summed E-state index contributed by atoms with van der Waals surface area (Å²) in [6.07, 6.45) is -0.826. The molecule has 0 saturated heterocycles. The fourth-order valence-electron chi connectivity index (χ4n) is 1.39. The van der Waals surface area contributed by atoms with Crippen molar-refractivity contribution in [2.75, 3.05) is 13.2 Å². The number of amides is 1. The second-order valence-electron chi connectivity index (χ2n) is 4.12. The molecule has 3 N–H and O–H groups in total. The van der Waals surface area contributed by atoms with Crippen LogP contribution in [0.4, 0.5) is 0 Å². The minimum atomic E-state index is -0.889. The monoisotopic (exact) mass is 267 g/mol. The fraction of sp³-hybridized carbons (Fsp3) is 0.385. The number of carbonyl (C=O) groups is 2. The first kappa shape index (κ1) is 15.0. The molecule has 1 aromatic carbocycles. The average molecular weight is 267 g/mol. The first-order chi connectivity index (χ1) is 8.97. The highest BCUT2D eigenvalue weighted by Crippen LogP contribution is 2.12. The zero-order valence-electron chi connectivity index (χ0n) is 10.6. The third-order valence-corrected chi connectivity index (χ3v) is 2.31. The predicted molar refractivity (Wildman–Crippen MR) is 68.0 cm³/mol. The maximum Gasteiger partial charge on any atom is 0.307 e. The smallest absolute Gasteiger partial charge is 0.307 e. The summed E-state index contributed by atoms with van der Waals surface area (Å²) >= 11 is 0. The predicted octanol–water partition coefficient (Wildman–Crippen LogP) is 0.189. The van der Waals surface area contributed by atoms with Gasteiger partial charge in [-0.05, 0) is 17.7 Å². The normalized spacial score (nSPS) is 11.7. The minimum Gasteiger partial charge on any atom is -0.491 e. The van der Waals surface area contributed by atoms with Gasteiger partial charge in [0.15, 0.2) is 0 Å². The fourth-order valence-corrected chi connectivity index (χ4v) is 1.39. The first-order valence-corrected chi connectivity index (χ1v) is 5.83. The number of hydrogen-bond acceptors (Lipinski definition) is 4. The number of hydrogen-bond donors (Lipinski definition) is 3. The summed E-state index contributed by atoms with van der Waals surface area (Å²) in [4.78, 5) is 21.1. The van der Waals surface area contributed by atoms with Crippen molar-refractivity contribution in [1.29, 1.82) is 0 Å². The largest absolute Gasteiger partial charge is 0.491 e. The van der Waals surface area contributed by atoms with Crippen LogP contribution >= 0.6 is 0 Å². The second kappa shape index (κ2) is 7.38. The van der Waals surface area contributed by atoms with E-state index >= 15 is 0 Å². The standard InChI is InChI=1S/C13H17NO5/c1-9(15)14-7-11(16)8-19-12-4-2-10(3-5-12)6-13(17)18/h2-5,11,16H,6-8H2,1H3,(H,14,15)(H,17,18). The molecule has 6 heteroatoms. The van der Waals surface area contributed by atoms with E-state index in [1.165, 1.54) is 6.92 Å². The van der Waals surface area contributed by atoms with Crippen molar-refractivity contribution < 1.29 is 24.5 Å². The van der Waals surface area contributed by atoms with Crippen LogP contribution in [0.5, 0.6) is 5.75 Å². The molecule has 1 atom stereocenters. The Morgan fingerprint density at radius 2 is 1.95 bits per heavy atom. The highest BCUT2D eigenvalue weighted by atomic mass is 16.5. The summed E-state index contributed by atoms with van der Waals surface area (Å²) in [5, 5.41) is 20.6. The molecule has 0 radical (unpaired) electrons. The van der Waals surface area contributed by atoms with E-state index in [9.17, 15) is 14.7 Å². The molecule has 1 amide bonds. The Morgan fingerprint density at radius 1 is 1.32 bits per heavy atom. The molecule has 0 bridgehead atoms. The maximum absolute atomic E-state index is 10.6. The number of benzene rings is 1. The van der Waals surface area contributed by atoms with Gasteiger partial charge in [0.25, 0.3) is 0 Å². The molecule has 1 unspecified atom stereocenters. The van der Waals surface area contributed by atoms with Gasteiger partial charge in [-0.25, -0.2) is 0 Å². The van der Waals surface area contributed by atoms with Crippen molar-refractivity contribution >= 4 is 11.9 Å². The van der Waals surface area contributed by atoms with Gasteiger partial charge in [-0.3, -0.25) is 9.59 Å². The van der Waals surface area contributed by atoms with Crippen LogP contribution in [-0.4, -0.2) is 41.3 Å². The van der Waals surface area contributed by atoms with E-state index in [1.807, 2.05) is 0 Å². The van der Waals surface area contributed by atoms with Crippen molar-refractivity contribution in [3.8, 4) is 5.75 Å². The highest BCUT2D eigenvalue weighted by Gasteiger charge is 2.06. The summed E-state index contributed by atoms with van der Waals surface area (Å²) in [7, 11) is 0. The average Bonchev–Trinajstić information content (AvgIpc) is 2.35. The lowest BCUT2D eigenvalue weighted by Crippen LogP contribution is -2.33. The van der Waals surface area contributed by atoms with Crippen LogP contribution in [0, 0.1) is 0 Å². The number of ether oxygens (including phenoxy) is 1. The molecule has 0 heterocycles. The van der Waals surface area contributed by atoms with E-state index in [1.54, 1.807) is 24.3 Å². The molecule has 0 aliphatic carbocycles. The SMILES string of the molecule is CC(=O)NCC(O)COc1ccc(CC(=O)O)cc1. The van der Waals surface area contributed by atoms with Gasteiger partial charge < -0.3 is 20.3 Å². The van der Waals surface area contributed by atoms with E-state index in [0.717, 1.165) is 0 Å². The lowest BCUT2D eigenvalue weighted by Gasteiger charge is -2.12. The minimum absolute atomic E-state index is 0.0363. The third-order valence-electron chi connectivity index (χ3n) is 2.31. The van der Waals surface area contributed by atoms with Crippen LogP contribution in [0.15, 0.2) is 24.3 Å². The van der Waals surface area contributed by atoms with E-state index in [-0.39, 0.29) is 25.5 Å². The molecule has 104 valence electrons. The number of carbonyl (C=O) groups excluding carboxylic acids is 1. The Bertz CT molecular complexity index is 429. The van der Waals surface area contributed by atoms with Gasteiger partial charge >= 0.3 is 5.97 Å². The van der Waals surface area contributed by atoms with Crippen molar-refractivity contribution in [2.24, 2.45) is 0 Å². The lowest BCUT2D eigenvalue weighted by atomic mass is 10.1. The Labute approximate surface area is 111 Å². The molecular weight excluding hydrogens is 250 g/mol. The van der Waals surface area contributed by atoms with Crippen LogP contribution in [-0.2, 0) is 16.0 Å². The molecule has 0 saturated carbocycles. The van der Waals surface area contributed by atoms with Gasteiger partial charge in [0.1, 0.15) is 18.5 Å². The zero-order valence-corrected chi connectivity index (χ0v) is 10.6. The second-order valence-corrected chi connectivity index (χ2v) is 4.12. The molecule has 0 aliphatic heterocycles. The van der Waals surface area contributed by atoms with Crippen molar-refractivity contribution in [3.63, 3.8) is 0 Å². The Balaban J connectivity index is 2.37. The summed E-state index contributed by atoms with van der Waals surface area (Å²) < 4.78 is 5.31. The van der Waals surface area contributed by atoms with Crippen LogP contribution in [0.2, 0.25) is 0 Å². The van der Waals surface area contributed by atoms with Crippen LogP contribution < -0.4 is 10.1 Å². The number of aliphatic hydroxyl groups excluding tert-OH is 1. The highest BCUT2D eigenvalue weighted by molar-refractivity contribution is 5.72. The van der Waals surface area contributed by atoms with E-state index < -0.39 is 12.1 Å². The number of aliphatic hydroxyl groups is 1. The Hall–Kier alpha value is -2.08. The third kappa shape index (κ3) is 6.42. The quantitative estimate of drug-likeness (QED) is 0.655. The summed E-state index contributed by atoms with van der Waals surface area (Å²) in [5.41, 5.74) is 0.679. The number of nitrogens with one attached hydrogen (secondary N) is 1. The van der Waals surface area contributed by atoms with E-state index in [0.29, 0.717) is 11.3 Å². The topological polar surface area (TPSA) is 95.9 Å². The van der Waals surface area contributed by atoms with Crippen LogP contribution in [0.3, 0.4) is 0 Å². The molecule has 0 aliphatic rings. The lowest BCUT2D eigenvalue weighted by molar-refractivity contribution is -0.136.